The van der Waals surface area contributed by atoms with Crippen LogP contribution in [0.25, 0.3) is 0 Å². The van der Waals surface area contributed by atoms with Crippen LogP contribution in [0.15, 0.2) is 18.2 Å². The quantitative estimate of drug-likeness (QED) is 0.487. The van der Waals surface area contributed by atoms with Crippen molar-refractivity contribution in [2.24, 2.45) is 0 Å². The normalized spacial score (nSPS) is 21.9. The van der Waals surface area contributed by atoms with Crippen molar-refractivity contribution in [2.75, 3.05) is 7.05 Å². The molecule has 0 N–H and O–H groups in total. The summed E-state index contributed by atoms with van der Waals surface area (Å²) in [5.74, 6) is -0.134. The van der Waals surface area contributed by atoms with Crippen LogP contribution < -0.4 is 0 Å². The topological polar surface area (TPSA) is 63.5 Å². The van der Waals surface area contributed by atoms with Crippen molar-refractivity contribution in [1.29, 1.82) is 0 Å². The van der Waals surface area contributed by atoms with Gasteiger partial charge in [0.2, 0.25) is 0 Å². The third kappa shape index (κ3) is 3.35. The summed E-state index contributed by atoms with van der Waals surface area (Å²) in [4.78, 5) is 24.6. The number of carbonyl (C=O) groups excluding carboxylic acids is 1. The molecule has 6 heteroatoms. The Kier molecular flexibility index (Phi) is 4.83. The standard InChI is InChI=1S/C15H19ClN2O3/c1-10-9-11(7-8-13(10)18(20)21)15(19)17(2)14-6-4-3-5-12(14)16/h7-9,12,14H,3-6H2,1-2H3. The Morgan fingerprint density at radius 3 is 2.62 bits per heavy atom. The van der Waals surface area contributed by atoms with Crippen molar-refractivity contribution in [3.63, 3.8) is 0 Å². The molecule has 1 aliphatic rings. The fourth-order valence-corrected chi connectivity index (χ4v) is 3.30. The van der Waals surface area contributed by atoms with Gasteiger partial charge in [-0.3, -0.25) is 14.9 Å². The Morgan fingerprint density at radius 1 is 1.38 bits per heavy atom. The zero-order valence-corrected chi connectivity index (χ0v) is 13.0. The maximum Gasteiger partial charge on any atom is 0.272 e. The van der Waals surface area contributed by atoms with E-state index in [1.54, 1.807) is 24.9 Å². The summed E-state index contributed by atoms with van der Waals surface area (Å²) in [5, 5.41) is 10.8. The highest BCUT2D eigenvalue weighted by atomic mass is 35.5. The third-order valence-corrected chi connectivity index (χ3v) is 4.61. The second kappa shape index (κ2) is 6.43. The first-order valence-corrected chi connectivity index (χ1v) is 7.51. The Labute approximate surface area is 129 Å². The predicted octanol–water partition coefficient (Wildman–Crippen LogP) is 3.53. The number of nitro groups is 1. The van der Waals surface area contributed by atoms with Crippen molar-refractivity contribution in [3.05, 3.63) is 39.4 Å². The molecule has 1 amide bonds. The lowest BCUT2D eigenvalue weighted by Gasteiger charge is -2.35. The van der Waals surface area contributed by atoms with Crippen molar-refractivity contribution >= 4 is 23.2 Å². The fraction of sp³-hybridized carbons (Fsp3) is 0.533. The number of nitro benzene ring substituents is 1. The van der Waals surface area contributed by atoms with Crippen LogP contribution >= 0.6 is 11.6 Å². The first-order valence-electron chi connectivity index (χ1n) is 7.08. The average Bonchev–Trinajstić information content (AvgIpc) is 2.45. The van der Waals surface area contributed by atoms with Crippen LogP contribution in [-0.4, -0.2) is 34.2 Å². The lowest BCUT2D eigenvalue weighted by atomic mass is 9.93. The van der Waals surface area contributed by atoms with Gasteiger partial charge in [-0.2, -0.15) is 0 Å². The number of aryl methyl sites for hydroxylation is 1. The van der Waals surface area contributed by atoms with E-state index in [1.807, 2.05) is 0 Å². The van der Waals surface area contributed by atoms with Gasteiger partial charge >= 0.3 is 0 Å². The van der Waals surface area contributed by atoms with Gasteiger partial charge in [-0.25, -0.2) is 0 Å². The van der Waals surface area contributed by atoms with E-state index in [2.05, 4.69) is 0 Å². The monoisotopic (exact) mass is 310 g/mol. The SMILES string of the molecule is Cc1cc(C(=O)N(C)C2CCCCC2Cl)ccc1[N+](=O)[O-]. The van der Waals surface area contributed by atoms with Gasteiger partial charge < -0.3 is 4.90 Å². The highest BCUT2D eigenvalue weighted by molar-refractivity contribution is 6.21. The molecule has 2 rings (SSSR count). The molecule has 21 heavy (non-hydrogen) atoms. The molecule has 1 saturated carbocycles. The van der Waals surface area contributed by atoms with Crippen LogP contribution in [-0.2, 0) is 0 Å². The predicted molar refractivity (Wildman–Crippen MR) is 81.8 cm³/mol. The smallest absolute Gasteiger partial charge is 0.272 e. The number of carbonyl (C=O) groups is 1. The largest absolute Gasteiger partial charge is 0.337 e. The van der Waals surface area contributed by atoms with Gasteiger partial charge in [0.25, 0.3) is 11.6 Å². The third-order valence-electron chi connectivity index (χ3n) is 4.11. The summed E-state index contributed by atoms with van der Waals surface area (Å²) in [7, 11) is 1.75. The van der Waals surface area contributed by atoms with E-state index < -0.39 is 4.92 Å². The Morgan fingerprint density at radius 2 is 2.05 bits per heavy atom. The molecular formula is C15H19ClN2O3. The Balaban J connectivity index is 2.19. The maximum absolute atomic E-state index is 12.5. The fourth-order valence-electron chi connectivity index (χ4n) is 2.85. The first kappa shape index (κ1) is 15.8. The highest BCUT2D eigenvalue weighted by Gasteiger charge is 2.30. The molecule has 1 aromatic rings. The van der Waals surface area contributed by atoms with Crippen LogP contribution in [0.4, 0.5) is 5.69 Å². The molecule has 2 atom stereocenters. The van der Waals surface area contributed by atoms with Gasteiger partial charge in [0.1, 0.15) is 0 Å². The van der Waals surface area contributed by atoms with Gasteiger partial charge in [-0.1, -0.05) is 12.8 Å². The minimum absolute atomic E-state index is 0.0214. The number of halogens is 1. The Bertz CT molecular complexity index is 562. The van der Waals surface area contributed by atoms with Gasteiger partial charge in [0.05, 0.1) is 10.3 Å². The number of hydrogen-bond acceptors (Lipinski definition) is 3. The van der Waals surface area contributed by atoms with Crippen molar-refractivity contribution in [2.45, 2.75) is 44.0 Å². The van der Waals surface area contributed by atoms with E-state index in [-0.39, 0.29) is 23.0 Å². The molecule has 1 fully saturated rings. The average molecular weight is 311 g/mol. The van der Waals surface area contributed by atoms with Crippen LogP contribution in [0.2, 0.25) is 0 Å². The van der Waals surface area contributed by atoms with Crippen LogP contribution in [0.5, 0.6) is 0 Å². The van der Waals surface area contributed by atoms with Gasteiger partial charge in [-0.15, -0.1) is 11.6 Å². The summed E-state index contributed by atoms with van der Waals surface area (Å²) in [6.07, 6.45) is 4.00. The lowest BCUT2D eigenvalue weighted by molar-refractivity contribution is -0.385. The van der Waals surface area contributed by atoms with E-state index in [1.165, 1.54) is 12.1 Å². The van der Waals surface area contributed by atoms with Crippen molar-refractivity contribution in [1.82, 2.24) is 4.90 Å². The summed E-state index contributed by atoms with van der Waals surface area (Å²) >= 11 is 6.32. The zero-order valence-electron chi connectivity index (χ0n) is 12.2. The van der Waals surface area contributed by atoms with E-state index in [4.69, 9.17) is 11.6 Å². The molecule has 5 nitrogen and oxygen atoms in total. The first-order chi connectivity index (χ1) is 9.91. The molecule has 1 aromatic carbocycles. The highest BCUT2D eigenvalue weighted by Crippen LogP contribution is 2.28. The van der Waals surface area contributed by atoms with E-state index >= 15 is 0 Å². The molecule has 1 aliphatic carbocycles. The number of amides is 1. The Hall–Kier alpha value is -1.62. The number of rotatable bonds is 3. The lowest BCUT2D eigenvalue weighted by Crippen LogP contribution is -2.44. The zero-order chi connectivity index (χ0) is 15.6. The molecule has 2 unspecified atom stereocenters. The number of alkyl halides is 1. The van der Waals surface area contributed by atoms with Crippen LogP contribution in [0.1, 0.15) is 41.6 Å². The minimum atomic E-state index is -0.441. The number of benzene rings is 1. The van der Waals surface area contributed by atoms with Gasteiger partial charge in [-0.05, 0) is 31.9 Å². The van der Waals surface area contributed by atoms with E-state index in [9.17, 15) is 14.9 Å². The molecular weight excluding hydrogens is 292 g/mol. The molecule has 0 saturated heterocycles. The van der Waals surface area contributed by atoms with E-state index in [0.717, 1.165) is 25.7 Å². The van der Waals surface area contributed by atoms with Gasteiger partial charge in [0, 0.05) is 30.3 Å². The maximum atomic E-state index is 12.5. The molecule has 0 aliphatic heterocycles. The van der Waals surface area contributed by atoms with Crippen molar-refractivity contribution in [3.8, 4) is 0 Å². The molecule has 0 spiro atoms. The van der Waals surface area contributed by atoms with Crippen LogP contribution in [0, 0.1) is 17.0 Å². The van der Waals surface area contributed by atoms with Gasteiger partial charge in [0.15, 0.2) is 0 Å². The molecule has 0 bridgehead atoms. The number of nitrogens with zero attached hydrogens (tertiary/aromatic N) is 2. The minimum Gasteiger partial charge on any atom is -0.337 e. The summed E-state index contributed by atoms with van der Waals surface area (Å²) in [6, 6.07) is 4.50. The van der Waals surface area contributed by atoms with Crippen LogP contribution in [0.3, 0.4) is 0 Å². The summed E-state index contributed by atoms with van der Waals surface area (Å²) in [6.45, 7) is 1.64. The summed E-state index contributed by atoms with van der Waals surface area (Å²) in [5.41, 5.74) is 0.988. The van der Waals surface area contributed by atoms with E-state index in [0.29, 0.717) is 11.1 Å². The second-order valence-corrected chi connectivity index (χ2v) is 6.10. The second-order valence-electron chi connectivity index (χ2n) is 5.54. The molecule has 114 valence electrons. The molecule has 0 radical (unpaired) electrons. The molecule has 0 aromatic heterocycles. The summed E-state index contributed by atoms with van der Waals surface area (Å²) < 4.78 is 0. The van der Waals surface area contributed by atoms with Crippen molar-refractivity contribution < 1.29 is 9.72 Å². The number of hydrogen-bond donors (Lipinski definition) is 0. The molecule has 0 heterocycles.